The molecule has 0 aliphatic carbocycles. The van der Waals surface area contributed by atoms with Gasteiger partial charge in [-0.3, -0.25) is 9.52 Å². The topological polar surface area (TPSA) is 72.5 Å². The van der Waals surface area contributed by atoms with Gasteiger partial charge in [0.25, 0.3) is 10.0 Å². The molecule has 1 N–H and O–H groups in total. The maximum Gasteiger partial charge on any atom is 0.261 e. The van der Waals surface area contributed by atoms with Crippen molar-refractivity contribution in [3.8, 4) is 5.75 Å². The molecule has 0 fully saturated rings. The number of carbonyl (C=O) groups excluding carboxylic acids is 1. The predicted octanol–water partition coefficient (Wildman–Crippen LogP) is 4.19. The summed E-state index contributed by atoms with van der Waals surface area (Å²) in [5, 5.41) is 0. The van der Waals surface area contributed by atoms with E-state index >= 15 is 0 Å². The highest BCUT2D eigenvalue weighted by Crippen LogP contribution is 2.24. The van der Waals surface area contributed by atoms with Crippen molar-refractivity contribution >= 4 is 22.0 Å². The molecular formula is C21H19NO4S. The Kier molecular flexibility index (Phi) is 5.57. The van der Waals surface area contributed by atoms with E-state index in [1.165, 1.54) is 24.3 Å². The van der Waals surface area contributed by atoms with E-state index in [0.29, 0.717) is 18.6 Å². The number of ether oxygens (including phenoxy) is 1. The minimum atomic E-state index is -3.78. The Balaban J connectivity index is 1.78. The van der Waals surface area contributed by atoms with Gasteiger partial charge >= 0.3 is 0 Å². The molecule has 3 aromatic carbocycles. The van der Waals surface area contributed by atoms with Crippen molar-refractivity contribution < 1.29 is 17.9 Å². The van der Waals surface area contributed by atoms with Gasteiger partial charge < -0.3 is 4.74 Å². The van der Waals surface area contributed by atoms with Gasteiger partial charge in [0, 0.05) is 5.56 Å². The van der Waals surface area contributed by atoms with Crippen LogP contribution in [-0.4, -0.2) is 14.7 Å². The lowest BCUT2D eigenvalue weighted by Crippen LogP contribution is -2.14. The molecule has 0 saturated carbocycles. The molecule has 0 radical (unpaired) electrons. The van der Waals surface area contributed by atoms with Crippen molar-refractivity contribution in [2.24, 2.45) is 0 Å². The van der Waals surface area contributed by atoms with Crippen molar-refractivity contribution in [2.75, 3.05) is 4.72 Å². The number of aryl methyl sites for hydroxylation is 1. The first kappa shape index (κ1) is 18.7. The third-order valence-electron chi connectivity index (χ3n) is 3.97. The Labute approximate surface area is 158 Å². The largest absolute Gasteiger partial charge is 0.489 e. The smallest absolute Gasteiger partial charge is 0.261 e. The van der Waals surface area contributed by atoms with E-state index < -0.39 is 10.0 Å². The summed E-state index contributed by atoms with van der Waals surface area (Å²) >= 11 is 0. The number of benzene rings is 3. The lowest BCUT2D eigenvalue weighted by atomic mass is 10.2. The third-order valence-corrected chi connectivity index (χ3v) is 5.36. The molecule has 27 heavy (non-hydrogen) atoms. The van der Waals surface area contributed by atoms with Crippen LogP contribution in [0.5, 0.6) is 5.75 Å². The molecular weight excluding hydrogens is 362 g/mol. The fourth-order valence-corrected chi connectivity index (χ4v) is 3.57. The first-order valence-electron chi connectivity index (χ1n) is 8.33. The van der Waals surface area contributed by atoms with E-state index in [-0.39, 0.29) is 16.1 Å². The van der Waals surface area contributed by atoms with Gasteiger partial charge in [-0.05, 0) is 42.8 Å². The third kappa shape index (κ3) is 4.74. The summed E-state index contributed by atoms with van der Waals surface area (Å²) in [5.74, 6) is 0.485. The predicted molar refractivity (Wildman–Crippen MR) is 105 cm³/mol. The minimum absolute atomic E-state index is 0.134. The van der Waals surface area contributed by atoms with E-state index in [1.54, 1.807) is 18.2 Å². The summed E-state index contributed by atoms with van der Waals surface area (Å²) in [6.07, 6.45) is 0.600. The summed E-state index contributed by atoms with van der Waals surface area (Å²) in [6.45, 7) is 2.23. The molecule has 0 aliphatic heterocycles. The van der Waals surface area contributed by atoms with Crippen LogP contribution < -0.4 is 9.46 Å². The minimum Gasteiger partial charge on any atom is -0.489 e. The van der Waals surface area contributed by atoms with Gasteiger partial charge in [0.05, 0.1) is 10.6 Å². The second-order valence-electron chi connectivity index (χ2n) is 6.06. The van der Waals surface area contributed by atoms with E-state index in [4.69, 9.17) is 4.74 Å². The highest BCUT2D eigenvalue weighted by Gasteiger charge is 2.16. The average molecular weight is 381 g/mol. The molecule has 0 bridgehead atoms. The number of rotatable bonds is 7. The number of hydrogen-bond acceptors (Lipinski definition) is 4. The van der Waals surface area contributed by atoms with Gasteiger partial charge in [-0.1, -0.05) is 48.0 Å². The molecule has 0 aliphatic rings. The van der Waals surface area contributed by atoms with Crippen molar-refractivity contribution in [2.45, 2.75) is 18.4 Å². The summed E-state index contributed by atoms with van der Waals surface area (Å²) in [4.78, 5) is 11.6. The molecule has 0 atom stereocenters. The van der Waals surface area contributed by atoms with Crippen LogP contribution in [-0.2, 0) is 16.6 Å². The van der Waals surface area contributed by atoms with Gasteiger partial charge in [0.2, 0.25) is 0 Å². The maximum atomic E-state index is 12.5. The molecule has 0 heterocycles. The Bertz CT molecular complexity index is 1030. The van der Waals surface area contributed by atoms with Crippen LogP contribution in [0.4, 0.5) is 5.69 Å². The van der Waals surface area contributed by atoms with E-state index in [1.807, 2.05) is 37.3 Å². The van der Waals surface area contributed by atoms with Crippen LogP contribution in [0.1, 0.15) is 21.5 Å². The van der Waals surface area contributed by atoms with Crippen molar-refractivity contribution in [1.29, 1.82) is 0 Å². The molecule has 3 aromatic rings. The lowest BCUT2D eigenvalue weighted by molar-refractivity contribution is 0.112. The Morgan fingerprint density at radius 2 is 1.67 bits per heavy atom. The van der Waals surface area contributed by atoms with Gasteiger partial charge in [-0.2, -0.15) is 0 Å². The van der Waals surface area contributed by atoms with Gasteiger partial charge in [-0.25, -0.2) is 8.42 Å². The Hall–Kier alpha value is -3.12. The lowest BCUT2D eigenvalue weighted by Gasteiger charge is -2.12. The van der Waals surface area contributed by atoms with Gasteiger partial charge in [-0.15, -0.1) is 0 Å². The summed E-state index contributed by atoms with van der Waals surface area (Å²) in [6, 6.07) is 20.8. The van der Waals surface area contributed by atoms with Crippen molar-refractivity contribution in [3.63, 3.8) is 0 Å². The van der Waals surface area contributed by atoms with Crippen LogP contribution >= 0.6 is 0 Å². The highest BCUT2D eigenvalue weighted by atomic mass is 32.2. The molecule has 0 aromatic heterocycles. The number of anilines is 1. The second kappa shape index (κ2) is 8.05. The molecule has 0 spiro atoms. The van der Waals surface area contributed by atoms with Crippen LogP contribution in [0.15, 0.2) is 77.7 Å². The van der Waals surface area contributed by atoms with Gasteiger partial charge in [0.1, 0.15) is 12.4 Å². The van der Waals surface area contributed by atoms with Crippen LogP contribution in [0.25, 0.3) is 0 Å². The van der Waals surface area contributed by atoms with Crippen molar-refractivity contribution in [3.05, 3.63) is 89.5 Å². The molecule has 0 unspecified atom stereocenters. The zero-order valence-corrected chi connectivity index (χ0v) is 15.6. The second-order valence-corrected chi connectivity index (χ2v) is 7.74. The first-order valence-corrected chi connectivity index (χ1v) is 9.82. The maximum absolute atomic E-state index is 12.5. The number of carbonyl (C=O) groups is 1. The summed E-state index contributed by atoms with van der Waals surface area (Å²) in [7, 11) is -3.78. The summed E-state index contributed by atoms with van der Waals surface area (Å²) in [5.41, 5.74) is 2.37. The quantitative estimate of drug-likeness (QED) is 0.623. The number of aldehydes is 1. The molecule has 138 valence electrons. The zero-order chi connectivity index (χ0) is 19.3. The van der Waals surface area contributed by atoms with E-state index in [0.717, 1.165) is 11.1 Å². The molecule has 5 nitrogen and oxygen atoms in total. The first-order chi connectivity index (χ1) is 13.0. The zero-order valence-electron chi connectivity index (χ0n) is 14.8. The molecule has 3 rings (SSSR count). The Morgan fingerprint density at radius 3 is 2.33 bits per heavy atom. The SMILES string of the molecule is Cc1ccc(S(=O)(=O)Nc2ccc(OCc3ccccc3)cc2C=O)cc1. The van der Waals surface area contributed by atoms with Crippen LogP contribution in [0.2, 0.25) is 0 Å². The fraction of sp³-hybridized carbons (Fsp3) is 0.0952. The fourth-order valence-electron chi connectivity index (χ4n) is 2.48. The van der Waals surface area contributed by atoms with Crippen LogP contribution in [0.3, 0.4) is 0 Å². The monoisotopic (exact) mass is 381 g/mol. The summed E-state index contributed by atoms with van der Waals surface area (Å²) < 4.78 is 33.2. The number of hydrogen-bond donors (Lipinski definition) is 1. The molecule has 6 heteroatoms. The van der Waals surface area contributed by atoms with E-state index in [9.17, 15) is 13.2 Å². The van der Waals surface area contributed by atoms with Crippen molar-refractivity contribution in [1.82, 2.24) is 0 Å². The Morgan fingerprint density at radius 1 is 0.963 bits per heavy atom. The number of sulfonamides is 1. The normalized spacial score (nSPS) is 11.0. The number of nitrogens with one attached hydrogen (secondary N) is 1. The standard InChI is InChI=1S/C21H19NO4S/c1-16-7-10-20(11-8-16)27(24,25)22-21-12-9-19(13-18(21)14-23)26-15-17-5-3-2-4-6-17/h2-14,22H,15H2,1H3. The molecule has 0 amide bonds. The molecule has 0 saturated heterocycles. The van der Waals surface area contributed by atoms with Gasteiger partial charge in [0.15, 0.2) is 6.29 Å². The average Bonchev–Trinajstić information content (AvgIpc) is 2.68. The van der Waals surface area contributed by atoms with Crippen LogP contribution in [0, 0.1) is 6.92 Å². The van der Waals surface area contributed by atoms with E-state index in [2.05, 4.69) is 4.72 Å². The highest BCUT2D eigenvalue weighted by molar-refractivity contribution is 7.92.